The minimum atomic E-state index is -0.555. The van der Waals surface area contributed by atoms with Crippen molar-refractivity contribution in [3.05, 3.63) is 16.4 Å². The topological polar surface area (TPSA) is 93.2 Å². The molecule has 0 aliphatic rings. The van der Waals surface area contributed by atoms with Crippen LogP contribution in [0.5, 0.6) is 0 Å². The summed E-state index contributed by atoms with van der Waals surface area (Å²) in [5, 5.41) is 22.7. The van der Waals surface area contributed by atoms with Crippen LogP contribution in [-0.4, -0.2) is 32.2 Å². The van der Waals surface area contributed by atoms with Gasteiger partial charge in [0.1, 0.15) is 0 Å². The summed E-state index contributed by atoms with van der Waals surface area (Å²) in [4.78, 5) is 13.7. The molecule has 84 valence electrons. The normalized spacial score (nSPS) is 12.5. The summed E-state index contributed by atoms with van der Waals surface area (Å²) in [5.41, 5.74) is 0. The first-order valence-corrected chi connectivity index (χ1v) is 4.63. The van der Waals surface area contributed by atoms with E-state index in [0.717, 1.165) is 0 Å². The van der Waals surface area contributed by atoms with Crippen molar-refractivity contribution in [2.75, 3.05) is 11.9 Å². The van der Waals surface area contributed by atoms with Crippen LogP contribution in [0.3, 0.4) is 0 Å². The Labute approximate surface area is 86.9 Å². The highest BCUT2D eigenvalue weighted by molar-refractivity contribution is 5.51. The van der Waals surface area contributed by atoms with Crippen LogP contribution in [0.25, 0.3) is 0 Å². The SMILES string of the molecule is CCC(O)CNc1c([N+](=O)[O-])ncn1C. The third-order valence-corrected chi connectivity index (χ3v) is 2.07. The zero-order valence-electron chi connectivity index (χ0n) is 8.67. The fourth-order valence-corrected chi connectivity index (χ4v) is 1.11. The van der Waals surface area contributed by atoms with E-state index in [-0.39, 0.29) is 12.4 Å². The van der Waals surface area contributed by atoms with Gasteiger partial charge in [0.05, 0.1) is 6.10 Å². The third-order valence-electron chi connectivity index (χ3n) is 2.07. The maximum atomic E-state index is 10.6. The minimum absolute atomic E-state index is 0.221. The van der Waals surface area contributed by atoms with Gasteiger partial charge in [0.2, 0.25) is 12.1 Å². The maximum absolute atomic E-state index is 10.6. The van der Waals surface area contributed by atoms with Crippen LogP contribution in [-0.2, 0) is 7.05 Å². The molecule has 0 saturated carbocycles. The summed E-state index contributed by atoms with van der Waals surface area (Å²) in [7, 11) is 1.65. The van der Waals surface area contributed by atoms with Crippen LogP contribution < -0.4 is 5.32 Å². The summed E-state index contributed by atoms with van der Waals surface area (Å²) in [6, 6.07) is 0. The predicted molar refractivity (Wildman–Crippen MR) is 54.6 cm³/mol. The molecule has 7 nitrogen and oxygen atoms in total. The lowest BCUT2D eigenvalue weighted by molar-refractivity contribution is -0.388. The van der Waals surface area contributed by atoms with Crippen LogP contribution in [0.1, 0.15) is 13.3 Å². The lowest BCUT2D eigenvalue weighted by Crippen LogP contribution is -2.19. The van der Waals surface area contributed by atoms with Crippen molar-refractivity contribution in [2.45, 2.75) is 19.4 Å². The van der Waals surface area contributed by atoms with Gasteiger partial charge in [-0.15, -0.1) is 0 Å². The molecule has 0 aromatic carbocycles. The number of anilines is 1. The number of aromatic nitrogens is 2. The largest absolute Gasteiger partial charge is 0.406 e. The Balaban J connectivity index is 2.75. The number of nitrogens with zero attached hydrogens (tertiary/aromatic N) is 3. The number of aliphatic hydroxyl groups is 1. The second-order valence-electron chi connectivity index (χ2n) is 3.23. The maximum Gasteiger partial charge on any atom is 0.406 e. The van der Waals surface area contributed by atoms with Gasteiger partial charge in [-0.05, 0) is 16.3 Å². The van der Waals surface area contributed by atoms with Crippen molar-refractivity contribution in [3.8, 4) is 0 Å². The highest BCUT2D eigenvalue weighted by Crippen LogP contribution is 2.20. The Kier molecular flexibility index (Phi) is 3.62. The summed E-state index contributed by atoms with van der Waals surface area (Å²) in [5.74, 6) is 0.0910. The lowest BCUT2D eigenvalue weighted by atomic mass is 10.3. The van der Waals surface area contributed by atoms with Gasteiger partial charge >= 0.3 is 5.82 Å². The molecule has 0 aliphatic heterocycles. The molecule has 7 heteroatoms. The van der Waals surface area contributed by atoms with Crippen molar-refractivity contribution in [3.63, 3.8) is 0 Å². The molecule has 0 bridgehead atoms. The van der Waals surface area contributed by atoms with Gasteiger partial charge in [-0.1, -0.05) is 6.92 Å². The van der Waals surface area contributed by atoms with Crippen molar-refractivity contribution in [1.29, 1.82) is 0 Å². The van der Waals surface area contributed by atoms with Crippen molar-refractivity contribution < 1.29 is 10.0 Å². The standard InChI is InChI=1S/C8H14N4O3/c1-3-6(13)4-9-7-8(12(14)15)10-5-11(7)2/h5-6,9,13H,3-4H2,1-2H3. The second-order valence-corrected chi connectivity index (χ2v) is 3.23. The fourth-order valence-electron chi connectivity index (χ4n) is 1.11. The molecular formula is C8H14N4O3. The summed E-state index contributed by atoms with van der Waals surface area (Å²) < 4.78 is 1.51. The first-order chi connectivity index (χ1) is 7.06. The molecule has 1 heterocycles. The molecule has 1 atom stereocenters. The molecule has 1 unspecified atom stereocenters. The number of imidazole rings is 1. The van der Waals surface area contributed by atoms with Gasteiger partial charge in [0, 0.05) is 13.6 Å². The Hall–Kier alpha value is -1.63. The number of nitrogens with one attached hydrogen (secondary N) is 1. The number of hydrogen-bond acceptors (Lipinski definition) is 5. The molecule has 2 N–H and O–H groups in total. The number of hydrogen-bond donors (Lipinski definition) is 2. The van der Waals surface area contributed by atoms with E-state index < -0.39 is 11.0 Å². The van der Waals surface area contributed by atoms with E-state index in [2.05, 4.69) is 10.3 Å². The minimum Gasteiger partial charge on any atom is -0.391 e. The highest BCUT2D eigenvalue weighted by atomic mass is 16.6. The highest BCUT2D eigenvalue weighted by Gasteiger charge is 2.19. The van der Waals surface area contributed by atoms with Gasteiger partial charge in [0.25, 0.3) is 0 Å². The number of aryl methyl sites for hydroxylation is 1. The van der Waals surface area contributed by atoms with Crippen LogP contribution >= 0.6 is 0 Å². The average molecular weight is 214 g/mol. The monoisotopic (exact) mass is 214 g/mol. The zero-order valence-corrected chi connectivity index (χ0v) is 8.67. The van der Waals surface area contributed by atoms with Crippen LogP contribution in [0.4, 0.5) is 11.6 Å². The number of aliphatic hydroxyl groups excluding tert-OH is 1. The molecule has 0 radical (unpaired) electrons. The molecule has 1 rings (SSSR count). The van der Waals surface area contributed by atoms with Crippen LogP contribution in [0.2, 0.25) is 0 Å². The van der Waals surface area contributed by atoms with Crippen LogP contribution in [0.15, 0.2) is 6.33 Å². The van der Waals surface area contributed by atoms with E-state index in [1.807, 2.05) is 6.92 Å². The lowest BCUT2D eigenvalue weighted by Gasteiger charge is -2.09. The Morgan fingerprint density at radius 3 is 3.00 bits per heavy atom. The molecule has 0 amide bonds. The van der Waals surface area contributed by atoms with Gasteiger partial charge in [-0.2, -0.15) is 0 Å². The molecule has 15 heavy (non-hydrogen) atoms. The van der Waals surface area contributed by atoms with E-state index >= 15 is 0 Å². The molecule has 1 aromatic heterocycles. The van der Waals surface area contributed by atoms with E-state index in [1.165, 1.54) is 10.9 Å². The number of rotatable bonds is 5. The third kappa shape index (κ3) is 2.66. The van der Waals surface area contributed by atoms with Crippen molar-refractivity contribution in [1.82, 2.24) is 9.55 Å². The summed E-state index contributed by atoms with van der Waals surface area (Å²) in [6.45, 7) is 2.11. The zero-order chi connectivity index (χ0) is 11.4. The molecule has 0 fully saturated rings. The van der Waals surface area contributed by atoms with Crippen molar-refractivity contribution >= 4 is 11.6 Å². The Bertz CT molecular complexity index is 350. The van der Waals surface area contributed by atoms with E-state index in [9.17, 15) is 15.2 Å². The predicted octanol–water partition coefficient (Wildman–Crippen LogP) is 0.511. The first-order valence-electron chi connectivity index (χ1n) is 4.63. The number of nitro groups is 1. The summed E-state index contributed by atoms with van der Waals surface area (Å²) in [6.07, 6.45) is 1.44. The van der Waals surface area contributed by atoms with Gasteiger partial charge in [-0.3, -0.25) is 4.57 Å². The van der Waals surface area contributed by atoms with Crippen molar-refractivity contribution in [2.24, 2.45) is 7.05 Å². The Morgan fingerprint density at radius 2 is 2.47 bits per heavy atom. The van der Waals surface area contributed by atoms with Gasteiger partial charge in [-0.25, -0.2) is 0 Å². The molecular weight excluding hydrogens is 200 g/mol. The average Bonchev–Trinajstić information content (AvgIpc) is 2.56. The Morgan fingerprint density at radius 1 is 1.80 bits per heavy atom. The van der Waals surface area contributed by atoms with E-state index in [4.69, 9.17) is 0 Å². The molecule has 0 aliphatic carbocycles. The molecule has 0 spiro atoms. The second kappa shape index (κ2) is 4.74. The first kappa shape index (κ1) is 11.4. The molecule has 1 aromatic rings. The molecule has 0 saturated heterocycles. The van der Waals surface area contributed by atoms with E-state index in [0.29, 0.717) is 12.2 Å². The fraction of sp³-hybridized carbons (Fsp3) is 0.625. The van der Waals surface area contributed by atoms with Gasteiger partial charge < -0.3 is 20.5 Å². The smallest absolute Gasteiger partial charge is 0.391 e. The quantitative estimate of drug-likeness (QED) is 0.550. The van der Waals surface area contributed by atoms with E-state index in [1.54, 1.807) is 7.05 Å². The summed E-state index contributed by atoms with van der Waals surface area (Å²) >= 11 is 0. The van der Waals surface area contributed by atoms with Crippen LogP contribution in [0, 0.1) is 10.1 Å². The van der Waals surface area contributed by atoms with Gasteiger partial charge in [0.15, 0.2) is 0 Å².